The van der Waals surface area contributed by atoms with Gasteiger partial charge in [0.2, 0.25) is 11.8 Å². The number of unbranched alkanes of at least 4 members (excludes halogenated alkanes) is 12. The molecule has 1 heterocycles. The Balaban J connectivity index is 1.04. The van der Waals surface area contributed by atoms with E-state index in [1.807, 2.05) is 24.3 Å². The second-order valence-electron chi connectivity index (χ2n) is 12.0. The zero-order chi connectivity index (χ0) is 27.9. The van der Waals surface area contributed by atoms with Crippen LogP contribution in [0.25, 0.3) is 0 Å². The lowest BCUT2D eigenvalue weighted by molar-refractivity contribution is -0.153. The fourth-order valence-electron chi connectivity index (χ4n) is 7.38. The molecule has 0 aromatic heterocycles. The number of carbonyl (C=O) groups excluding carboxylic acids is 3. The molecule has 4 aliphatic rings. The van der Waals surface area contributed by atoms with Crippen LogP contribution in [0.3, 0.4) is 0 Å². The summed E-state index contributed by atoms with van der Waals surface area (Å²) in [6, 6.07) is 16.4. The van der Waals surface area contributed by atoms with E-state index in [0.717, 1.165) is 41.5 Å². The van der Waals surface area contributed by atoms with Gasteiger partial charge in [0.25, 0.3) is 0 Å². The molecule has 40 heavy (non-hydrogen) atoms. The molecule has 0 unspecified atom stereocenters. The van der Waals surface area contributed by atoms with Gasteiger partial charge in [-0.3, -0.25) is 19.3 Å². The van der Waals surface area contributed by atoms with Crippen LogP contribution in [-0.2, 0) is 19.1 Å². The highest BCUT2D eigenvalue weighted by Crippen LogP contribution is 2.60. The number of benzene rings is 2. The predicted octanol–water partition coefficient (Wildman–Crippen LogP) is 7.51. The van der Waals surface area contributed by atoms with Gasteiger partial charge < -0.3 is 4.74 Å². The molecule has 3 aliphatic carbocycles. The van der Waals surface area contributed by atoms with Crippen LogP contribution < -0.4 is 0 Å². The van der Waals surface area contributed by atoms with Gasteiger partial charge in [-0.05, 0) is 28.7 Å². The minimum Gasteiger partial charge on any atom is -0.464 e. The second-order valence-corrected chi connectivity index (χ2v) is 12.0. The third kappa shape index (κ3) is 5.89. The van der Waals surface area contributed by atoms with E-state index in [1.54, 1.807) is 0 Å². The Labute approximate surface area is 239 Å². The maximum Gasteiger partial charge on any atom is 0.326 e. The fraction of sp³-hybridized carbons (Fsp3) is 0.571. The number of amides is 2. The monoisotopic (exact) mass is 543 g/mol. The van der Waals surface area contributed by atoms with Crippen molar-refractivity contribution in [1.82, 2.24) is 4.90 Å². The number of nitrogens with zero attached hydrogens (tertiary/aromatic N) is 1. The molecule has 1 fully saturated rings. The Morgan fingerprint density at radius 3 is 1.40 bits per heavy atom. The number of hydrogen-bond donors (Lipinski definition) is 0. The van der Waals surface area contributed by atoms with Crippen molar-refractivity contribution in [2.75, 3.05) is 13.2 Å². The van der Waals surface area contributed by atoms with E-state index < -0.39 is 17.8 Å². The number of rotatable bonds is 16. The van der Waals surface area contributed by atoms with E-state index in [2.05, 4.69) is 31.2 Å². The van der Waals surface area contributed by atoms with Crippen LogP contribution in [0.2, 0.25) is 0 Å². The number of esters is 1. The first kappa shape index (κ1) is 28.6. The molecule has 5 heteroatoms. The summed E-state index contributed by atoms with van der Waals surface area (Å²) in [7, 11) is 0. The second kappa shape index (κ2) is 13.6. The first-order valence-electron chi connectivity index (χ1n) is 15.8. The van der Waals surface area contributed by atoms with Gasteiger partial charge in [-0.15, -0.1) is 0 Å². The predicted molar refractivity (Wildman–Crippen MR) is 157 cm³/mol. The van der Waals surface area contributed by atoms with Crippen molar-refractivity contribution < 1.29 is 19.1 Å². The van der Waals surface area contributed by atoms with Crippen molar-refractivity contribution >= 4 is 17.8 Å². The third-order valence-electron chi connectivity index (χ3n) is 9.34. The molecule has 0 spiro atoms. The molecule has 0 radical (unpaired) electrons. The van der Waals surface area contributed by atoms with Gasteiger partial charge in [-0.2, -0.15) is 0 Å². The Bertz CT molecular complexity index is 1070. The summed E-state index contributed by atoms with van der Waals surface area (Å²) in [6.07, 6.45) is 16.4. The highest BCUT2D eigenvalue weighted by atomic mass is 16.5. The topological polar surface area (TPSA) is 63.7 Å². The van der Waals surface area contributed by atoms with Crippen molar-refractivity contribution in [1.29, 1.82) is 0 Å². The zero-order valence-electron chi connectivity index (χ0n) is 24.1. The van der Waals surface area contributed by atoms with E-state index in [9.17, 15) is 14.4 Å². The minimum atomic E-state index is -0.485. The molecule has 0 saturated carbocycles. The number of hydrogen-bond acceptors (Lipinski definition) is 4. The lowest BCUT2D eigenvalue weighted by Gasteiger charge is -2.45. The molecular weight excluding hydrogens is 498 g/mol. The lowest BCUT2D eigenvalue weighted by Crippen LogP contribution is -2.41. The van der Waals surface area contributed by atoms with Crippen LogP contribution in [0, 0.1) is 11.8 Å². The first-order valence-corrected chi connectivity index (χ1v) is 15.8. The molecule has 1 aliphatic heterocycles. The van der Waals surface area contributed by atoms with Crippen molar-refractivity contribution in [2.24, 2.45) is 11.8 Å². The van der Waals surface area contributed by atoms with E-state index in [4.69, 9.17) is 4.74 Å². The highest BCUT2D eigenvalue weighted by Gasteiger charge is 2.61. The third-order valence-corrected chi connectivity index (χ3v) is 9.34. The quantitative estimate of drug-likeness (QED) is 0.125. The molecule has 6 rings (SSSR count). The number of likely N-dealkylation sites (tertiary alicyclic amines) is 1. The number of carbonyl (C=O) groups is 3. The van der Waals surface area contributed by atoms with Gasteiger partial charge >= 0.3 is 5.97 Å². The van der Waals surface area contributed by atoms with Gasteiger partial charge in [0.1, 0.15) is 6.54 Å². The lowest BCUT2D eigenvalue weighted by atomic mass is 9.55. The molecular formula is C35H45NO4. The Kier molecular flexibility index (Phi) is 9.72. The molecule has 2 amide bonds. The maximum atomic E-state index is 13.6. The van der Waals surface area contributed by atoms with Crippen molar-refractivity contribution in [3.05, 3.63) is 70.8 Å². The fourth-order valence-corrected chi connectivity index (χ4v) is 7.38. The summed E-state index contributed by atoms with van der Waals surface area (Å²) >= 11 is 0. The molecule has 1 saturated heterocycles. The average molecular weight is 544 g/mol. The van der Waals surface area contributed by atoms with Crippen molar-refractivity contribution in [3.63, 3.8) is 0 Å². The van der Waals surface area contributed by atoms with Crippen molar-refractivity contribution in [3.8, 4) is 0 Å². The number of ether oxygens (including phenoxy) is 1. The summed E-state index contributed by atoms with van der Waals surface area (Å²) in [4.78, 5) is 41.0. The summed E-state index contributed by atoms with van der Waals surface area (Å²) in [5, 5.41) is 0. The summed E-state index contributed by atoms with van der Waals surface area (Å²) < 4.78 is 5.46. The van der Waals surface area contributed by atoms with Gasteiger partial charge in [0.05, 0.1) is 18.4 Å². The maximum absolute atomic E-state index is 13.6. The molecule has 2 bridgehead atoms. The smallest absolute Gasteiger partial charge is 0.326 e. The van der Waals surface area contributed by atoms with Crippen LogP contribution in [-0.4, -0.2) is 35.8 Å². The van der Waals surface area contributed by atoms with Crippen molar-refractivity contribution in [2.45, 2.75) is 102 Å². The van der Waals surface area contributed by atoms with E-state index in [-0.39, 0.29) is 30.2 Å². The molecule has 0 N–H and O–H groups in total. The van der Waals surface area contributed by atoms with Gasteiger partial charge in [0, 0.05) is 11.8 Å². The molecule has 5 nitrogen and oxygen atoms in total. The van der Waals surface area contributed by atoms with Gasteiger partial charge in [-0.25, -0.2) is 0 Å². The summed E-state index contributed by atoms with van der Waals surface area (Å²) in [6.45, 7) is 2.33. The van der Waals surface area contributed by atoms with Crippen LogP contribution in [0.5, 0.6) is 0 Å². The van der Waals surface area contributed by atoms with Crippen LogP contribution in [0.4, 0.5) is 0 Å². The van der Waals surface area contributed by atoms with E-state index in [0.29, 0.717) is 6.61 Å². The van der Waals surface area contributed by atoms with Crippen LogP contribution in [0.15, 0.2) is 48.5 Å². The SMILES string of the molecule is CCCCCCCCCCCCCCCOC(=O)CN1C(=O)[C@H]2C3c4ccccc4C(c4ccccc43)[C@@H]2C1=O. The Hall–Kier alpha value is -2.95. The number of imide groups is 1. The zero-order valence-corrected chi connectivity index (χ0v) is 24.1. The minimum absolute atomic E-state index is 0.148. The van der Waals surface area contributed by atoms with Crippen LogP contribution in [0.1, 0.15) is 124 Å². The van der Waals surface area contributed by atoms with Gasteiger partial charge in [-0.1, -0.05) is 133 Å². The molecule has 2 atom stereocenters. The molecule has 2 aromatic carbocycles. The normalized spacial score (nSPS) is 22.3. The largest absolute Gasteiger partial charge is 0.464 e. The first-order chi connectivity index (χ1) is 19.6. The summed E-state index contributed by atoms with van der Waals surface area (Å²) in [5.41, 5.74) is 4.56. The molecule has 2 aromatic rings. The Morgan fingerprint density at radius 2 is 1.00 bits per heavy atom. The van der Waals surface area contributed by atoms with E-state index >= 15 is 0 Å². The molecule has 214 valence electrons. The van der Waals surface area contributed by atoms with E-state index in [1.165, 1.54) is 69.1 Å². The van der Waals surface area contributed by atoms with Gasteiger partial charge in [0.15, 0.2) is 0 Å². The van der Waals surface area contributed by atoms with Crippen LogP contribution >= 0.6 is 0 Å². The standard InChI is InChI=1S/C35H45NO4/c1-2-3-4-5-6-7-8-9-10-11-12-13-18-23-40-29(37)24-36-34(38)32-30-25-19-14-15-20-26(25)31(33(32)35(36)39)28-22-17-16-21-27(28)30/h14-17,19-22,30-33H,2-13,18,23-24H2,1H3/t30?,31?,32-,33-/m0/s1. The average Bonchev–Trinajstić information content (AvgIpc) is 3.22. The Morgan fingerprint density at radius 1 is 0.625 bits per heavy atom. The summed E-state index contributed by atoms with van der Waals surface area (Å²) in [5.74, 6) is -2.14. The highest BCUT2D eigenvalue weighted by molar-refractivity contribution is 6.09.